The van der Waals surface area contributed by atoms with Crippen molar-refractivity contribution in [1.29, 1.82) is 0 Å². The molecule has 2 heterocycles. The van der Waals surface area contributed by atoms with Crippen molar-refractivity contribution in [3.8, 4) is 5.75 Å². The van der Waals surface area contributed by atoms with E-state index in [2.05, 4.69) is 15.3 Å². The van der Waals surface area contributed by atoms with E-state index in [9.17, 15) is 13.2 Å². The molecule has 1 aromatic carbocycles. The molecule has 1 aromatic heterocycles. The summed E-state index contributed by atoms with van der Waals surface area (Å²) < 4.78 is 31.8. The van der Waals surface area contributed by atoms with Gasteiger partial charge in [-0.05, 0) is 24.3 Å². The molecule has 30 heavy (non-hydrogen) atoms. The van der Waals surface area contributed by atoms with E-state index >= 15 is 0 Å². The Bertz CT molecular complexity index is 970. The molecule has 162 valence electrons. The fraction of sp³-hybridized carbons (Fsp3) is 0.389. The molecule has 0 aliphatic carbocycles. The first-order chi connectivity index (χ1) is 14.3. The summed E-state index contributed by atoms with van der Waals surface area (Å²) in [6.07, 6.45) is 3.30. The number of sulfonamides is 1. The molecule has 1 N–H and O–H groups in total. The van der Waals surface area contributed by atoms with Gasteiger partial charge < -0.3 is 15.0 Å². The predicted molar refractivity (Wildman–Crippen MR) is 115 cm³/mol. The van der Waals surface area contributed by atoms with Gasteiger partial charge in [-0.25, -0.2) is 18.4 Å². The lowest BCUT2D eigenvalue weighted by Gasteiger charge is -2.33. The number of hydrogen-bond donors (Lipinski definition) is 1. The number of ether oxygens (including phenoxy) is 1. The number of aromatic nitrogens is 2. The van der Waals surface area contributed by atoms with Gasteiger partial charge in [0.15, 0.2) is 6.61 Å². The fourth-order valence-corrected chi connectivity index (χ4v) is 4.66. The molecule has 1 fully saturated rings. The minimum atomic E-state index is -3.49. The Morgan fingerprint density at radius 1 is 1.13 bits per heavy atom. The monoisotopic (exact) mass is 473 g/mol. The zero-order valence-electron chi connectivity index (χ0n) is 16.0. The second-order valence-corrected chi connectivity index (χ2v) is 9.40. The molecule has 0 spiro atoms. The van der Waals surface area contributed by atoms with Crippen LogP contribution in [-0.2, 0) is 14.8 Å². The molecule has 0 saturated carbocycles. The van der Waals surface area contributed by atoms with Crippen LogP contribution in [0, 0.1) is 0 Å². The Morgan fingerprint density at radius 2 is 1.83 bits per heavy atom. The third kappa shape index (κ3) is 6.18. The molecule has 1 amide bonds. The first-order valence-electron chi connectivity index (χ1n) is 9.19. The highest BCUT2D eigenvalue weighted by atomic mass is 35.5. The number of carbonyl (C=O) groups excluding carboxylic acids is 1. The van der Waals surface area contributed by atoms with Gasteiger partial charge in [-0.3, -0.25) is 4.79 Å². The Hall–Kier alpha value is -2.14. The van der Waals surface area contributed by atoms with Crippen molar-refractivity contribution in [1.82, 2.24) is 19.6 Å². The molecule has 0 radical (unpaired) electrons. The zero-order valence-corrected chi connectivity index (χ0v) is 18.3. The van der Waals surface area contributed by atoms with E-state index in [0.717, 1.165) is 0 Å². The van der Waals surface area contributed by atoms with E-state index in [-0.39, 0.29) is 23.9 Å². The van der Waals surface area contributed by atoms with Gasteiger partial charge in [0, 0.05) is 50.1 Å². The molecule has 0 bridgehead atoms. The van der Waals surface area contributed by atoms with Crippen LogP contribution < -0.4 is 15.0 Å². The van der Waals surface area contributed by atoms with Crippen molar-refractivity contribution in [2.45, 2.75) is 0 Å². The van der Waals surface area contributed by atoms with Crippen molar-refractivity contribution in [3.63, 3.8) is 0 Å². The summed E-state index contributed by atoms with van der Waals surface area (Å²) in [5.74, 6) is 0.274. The molecular weight excluding hydrogens is 453 g/mol. The number of carbonyl (C=O) groups is 1. The first-order valence-corrected chi connectivity index (χ1v) is 11.6. The number of piperazine rings is 1. The topological polar surface area (TPSA) is 105 Å². The van der Waals surface area contributed by atoms with Crippen LogP contribution in [0.5, 0.6) is 5.75 Å². The minimum absolute atomic E-state index is 0.0130. The van der Waals surface area contributed by atoms with E-state index in [0.29, 0.717) is 42.9 Å². The largest absolute Gasteiger partial charge is 0.482 e. The summed E-state index contributed by atoms with van der Waals surface area (Å²) in [5, 5.41) is 3.29. The normalized spacial score (nSPS) is 15.1. The van der Waals surface area contributed by atoms with Gasteiger partial charge in [0.2, 0.25) is 16.0 Å². The van der Waals surface area contributed by atoms with Gasteiger partial charge in [-0.1, -0.05) is 23.2 Å². The second-order valence-electron chi connectivity index (χ2n) is 6.46. The Labute approximate surface area is 185 Å². The molecular formula is C18H21Cl2N5O4S. The molecule has 1 aliphatic rings. The van der Waals surface area contributed by atoms with Crippen molar-refractivity contribution < 1.29 is 17.9 Å². The van der Waals surface area contributed by atoms with Crippen LogP contribution in [-0.4, -0.2) is 73.7 Å². The SMILES string of the molecule is O=C(COc1ccc(Cl)cc1Cl)NCCS(=O)(=O)N1CCN(c2ncccn2)CC1. The number of halogens is 2. The number of rotatable bonds is 8. The van der Waals surface area contributed by atoms with E-state index in [4.69, 9.17) is 27.9 Å². The maximum absolute atomic E-state index is 12.5. The van der Waals surface area contributed by atoms with Gasteiger partial charge in [0.1, 0.15) is 5.75 Å². The van der Waals surface area contributed by atoms with Gasteiger partial charge in [-0.15, -0.1) is 0 Å². The maximum atomic E-state index is 12.5. The molecule has 9 nitrogen and oxygen atoms in total. The molecule has 1 saturated heterocycles. The highest BCUT2D eigenvalue weighted by Crippen LogP contribution is 2.27. The smallest absolute Gasteiger partial charge is 0.257 e. The van der Waals surface area contributed by atoms with Crippen molar-refractivity contribution >= 4 is 45.1 Å². The van der Waals surface area contributed by atoms with Crippen LogP contribution in [0.3, 0.4) is 0 Å². The second kappa shape index (κ2) is 10.3. The average Bonchev–Trinajstić information content (AvgIpc) is 2.74. The number of nitrogens with zero attached hydrogens (tertiary/aromatic N) is 4. The van der Waals surface area contributed by atoms with E-state index in [1.54, 1.807) is 30.6 Å². The predicted octanol–water partition coefficient (Wildman–Crippen LogP) is 1.43. The van der Waals surface area contributed by atoms with Gasteiger partial charge >= 0.3 is 0 Å². The summed E-state index contributed by atoms with van der Waals surface area (Å²) in [4.78, 5) is 22.2. The van der Waals surface area contributed by atoms with Crippen molar-refractivity contribution in [3.05, 3.63) is 46.7 Å². The van der Waals surface area contributed by atoms with Crippen molar-refractivity contribution in [2.75, 3.05) is 50.0 Å². The summed E-state index contributed by atoms with van der Waals surface area (Å²) in [6, 6.07) is 6.39. The number of amides is 1. The van der Waals surface area contributed by atoms with Crippen LogP contribution in [0.2, 0.25) is 10.0 Å². The molecule has 1 aliphatic heterocycles. The standard InChI is InChI=1S/C18H21Cl2N5O4S/c19-14-2-3-16(15(20)12-14)29-13-17(26)21-6-11-30(27,28)25-9-7-24(8-10-25)18-22-4-1-5-23-18/h1-5,12H,6-11,13H2,(H,21,26). The summed E-state index contributed by atoms with van der Waals surface area (Å²) in [5.41, 5.74) is 0. The first kappa shape index (κ1) is 22.5. The molecule has 2 aromatic rings. The number of nitrogens with one attached hydrogen (secondary N) is 1. The van der Waals surface area contributed by atoms with Gasteiger partial charge in [0.05, 0.1) is 10.8 Å². The minimum Gasteiger partial charge on any atom is -0.482 e. The maximum Gasteiger partial charge on any atom is 0.257 e. The molecule has 0 unspecified atom stereocenters. The Morgan fingerprint density at radius 3 is 2.50 bits per heavy atom. The molecule has 0 atom stereocenters. The quantitative estimate of drug-likeness (QED) is 0.617. The Kier molecular flexibility index (Phi) is 7.70. The van der Waals surface area contributed by atoms with Gasteiger partial charge in [0.25, 0.3) is 5.91 Å². The van der Waals surface area contributed by atoms with Crippen LogP contribution in [0.15, 0.2) is 36.7 Å². The lowest BCUT2D eigenvalue weighted by atomic mass is 10.3. The third-order valence-electron chi connectivity index (χ3n) is 4.40. The van der Waals surface area contributed by atoms with Crippen LogP contribution in [0.1, 0.15) is 0 Å². The summed E-state index contributed by atoms with van der Waals surface area (Å²) in [7, 11) is -3.49. The number of hydrogen-bond acceptors (Lipinski definition) is 7. The molecule has 3 rings (SSSR count). The highest BCUT2D eigenvalue weighted by Gasteiger charge is 2.27. The lowest BCUT2D eigenvalue weighted by molar-refractivity contribution is -0.122. The van der Waals surface area contributed by atoms with Crippen LogP contribution in [0.25, 0.3) is 0 Å². The van der Waals surface area contributed by atoms with Crippen molar-refractivity contribution in [2.24, 2.45) is 0 Å². The van der Waals surface area contributed by atoms with E-state index in [1.807, 2.05) is 4.90 Å². The summed E-state index contributed by atoms with van der Waals surface area (Å²) in [6.45, 7) is 1.40. The highest BCUT2D eigenvalue weighted by molar-refractivity contribution is 7.89. The zero-order chi connectivity index (χ0) is 21.6. The fourth-order valence-electron chi connectivity index (χ4n) is 2.86. The molecule has 12 heteroatoms. The average molecular weight is 474 g/mol. The van der Waals surface area contributed by atoms with Crippen LogP contribution in [0.4, 0.5) is 5.95 Å². The van der Waals surface area contributed by atoms with E-state index < -0.39 is 15.9 Å². The van der Waals surface area contributed by atoms with Gasteiger partial charge in [-0.2, -0.15) is 4.31 Å². The lowest BCUT2D eigenvalue weighted by Crippen LogP contribution is -2.50. The van der Waals surface area contributed by atoms with E-state index in [1.165, 1.54) is 10.4 Å². The van der Waals surface area contributed by atoms with Crippen LogP contribution >= 0.6 is 23.2 Å². The number of anilines is 1. The summed E-state index contributed by atoms with van der Waals surface area (Å²) >= 11 is 11.8. The number of benzene rings is 1. The third-order valence-corrected chi connectivity index (χ3v) is 6.80. The Balaban J connectivity index is 1.40.